The first-order valence-electron chi connectivity index (χ1n) is 4.94. The number of imidazole rings is 1. The molecule has 2 aromatic rings. The van der Waals surface area contributed by atoms with Crippen LogP contribution in [0.25, 0.3) is 11.2 Å². The highest BCUT2D eigenvalue weighted by Gasteiger charge is 2.09. The summed E-state index contributed by atoms with van der Waals surface area (Å²) in [4.78, 5) is 19.1. The summed E-state index contributed by atoms with van der Waals surface area (Å²) in [7, 11) is 0. The maximum Gasteiger partial charge on any atom is 0.219 e. The highest BCUT2D eigenvalue weighted by molar-refractivity contribution is 5.76. The summed E-state index contributed by atoms with van der Waals surface area (Å²) in [5, 5.41) is 0. The number of nitrogens with zero attached hydrogens (tertiary/aromatic N) is 3. The van der Waals surface area contributed by atoms with E-state index in [9.17, 15) is 4.79 Å². The van der Waals surface area contributed by atoms with Gasteiger partial charge in [0.2, 0.25) is 11.9 Å². The molecule has 84 valence electrons. The predicted molar refractivity (Wildman–Crippen MR) is 60.5 cm³/mol. The molecule has 6 heteroatoms. The van der Waals surface area contributed by atoms with E-state index in [0.717, 1.165) is 11.1 Å². The minimum absolute atomic E-state index is 0.227. The summed E-state index contributed by atoms with van der Waals surface area (Å²) < 4.78 is 1.69. The Hall–Kier alpha value is -2.11. The summed E-state index contributed by atoms with van der Waals surface area (Å²) >= 11 is 0. The Morgan fingerprint density at radius 2 is 2.31 bits per heavy atom. The largest absolute Gasteiger partial charge is 0.370 e. The van der Waals surface area contributed by atoms with Gasteiger partial charge in [0.15, 0.2) is 5.65 Å². The van der Waals surface area contributed by atoms with E-state index in [2.05, 4.69) is 9.97 Å². The van der Waals surface area contributed by atoms with Crippen molar-refractivity contribution >= 4 is 23.0 Å². The SMILES string of the molecule is Cc1cnc2c(c1)nc(N)n2CCC(N)=O. The number of carbonyl (C=O) groups excluding carboxylic acids is 1. The lowest BCUT2D eigenvalue weighted by Gasteiger charge is -2.03. The second-order valence-electron chi connectivity index (χ2n) is 3.69. The van der Waals surface area contributed by atoms with Crippen molar-refractivity contribution in [1.29, 1.82) is 0 Å². The minimum atomic E-state index is -0.367. The highest BCUT2D eigenvalue weighted by Crippen LogP contribution is 2.16. The zero-order valence-electron chi connectivity index (χ0n) is 8.97. The van der Waals surface area contributed by atoms with Crippen LogP contribution >= 0.6 is 0 Å². The van der Waals surface area contributed by atoms with Crippen molar-refractivity contribution in [3.05, 3.63) is 17.8 Å². The number of anilines is 1. The van der Waals surface area contributed by atoms with Crippen molar-refractivity contribution < 1.29 is 4.79 Å². The van der Waals surface area contributed by atoms with Crippen LogP contribution in [-0.2, 0) is 11.3 Å². The maximum atomic E-state index is 10.7. The molecular formula is C10H13N5O. The molecule has 1 amide bonds. The molecule has 0 saturated heterocycles. The normalized spacial score (nSPS) is 10.8. The monoisotopic (exact) mass is 219 g/mol. The van der Waals surface area contributed by atoms with Crippen molar-refractivity contribution in [1.82, 2.24) is 14.5 Å². The summed E-state index contributed by atoms with van der Waals surface area (Å²) in [6.45, 7) is 2.35. The third-order valence-corrected chi connectivity index (χ3v) is 2.33. The molecule has 0 fully saturated rings. The van der Waals surface area contributed by atoms with Gasteiger partial charge in [-0.3, -0.25) is 9.36 Å². The number of nitrogens with two attached hydrogens (primary N) is 2. The molecule has 0 atom stereocenters. The Kier molecular flexibility index (Phi) is 2.47. The summed E-state index contributed by atoms with van der Waals surface area (Å²) in [5.74, 6) is -0.0114. The number of aryl methyl sites for hydroxylation is 2. The van der Waals surface area contributed by atoms with Gasteiger partial charge in [0.1, 0.15) is 5.52 Å². The number of fused-ring (bicyclic) bond motifs is 1. The molecule has 0 aliphatic rings. The van der Waals surface area contributed by atoms with Crippen LogP contribution < -0.4 is 11.5 Å². The Morgan fingerprint density at radius 3 is 3.00 bits per heavy atom. The highest BCUT2D eigenvalue weighted by atomic mass is 16.1. The van der Waals surface area contributed by atoms with Crippen LogP contribution in [0.15, 0.2) is 12.3 Å². The number of pyridine rings is 1. The number of primary amides is 1. The molecule has 0 saturated carbocycles. The first-order chi connectivity index (χ1) is 7.58. The summed E-state index contributed by atoms with van der Waals surface area (Å²) in [6, 6.07) is 1.90. The lowest BCUT2D eigenvalue weighted by Crippen LogP contribution is -2.15. The maximum absolute atomic E-state index is 10.7. The molecule has 2 aromatic heterocycles. The van der Waals surface area contributed by atoms with E-state index in [1.54, 1.807) is 10.8 Å². The lowest BCUT2D eigenvalue weighted by atomic mass is 10.3. The molecule has 0 radical (unpaired) electrons. The van der Waals surface area contributed by atoms with Crippen molar-refractivity contribution in [2.45, 2.75) is 19.9 Å². The number of aromatic nitrogens is 3. The van der Waals surface area contributed by atoms with E-state index in [1.807, 2.05) is 13.0 Å². The zero-order valence-corrected chi connectivity index (χ0v) is 8.97. The van der Waals surface area contributed by atoms with Crippen LogP contribution in [0.4, 0.5) is 5.95 Å². The fraction of sp³-hybridized carbons (Fsp3) is 0.300. The predicted octanol–water partition coefficient (Wildman–Crippen LogP) is 0.197. The molecule has 2 heterocycles. The van der Waals surface area contributed by atoms with Gasteiger partial charge in [0.05, 0.1) is 0 Å². The Morgan fingerprint density at radius 1 is 1.56 bits per heavy atom. The van der Waals surface area contributed by atoms with Crippen LogP contribution in [0, 0.1) is 6.92 Å². The van der Waals surface area contributed by atoms with Gasteiger partial charge in [-0.05, 0) is 18.6 Å². The fourth-order valence-corrected chi connectivity index (χ4v) is 1.57. The molecule has 4 N–H and O–H groups in total. The number of amides is 1. The second kappa shape index (κ2) is 3.80. The van der Waals surface area contributed by atoms with Gasteiger partial charge in [-0.2, -0.15) is 0 Å². The molecule has 2 rings (SSSR count). The first kappa shape index (κ1) is 10.4. The number of hydrogen-bond acceptors (Lipinski definition) is 4. The minimum Gasteiger partial charge on any atom is -0.370 e. The van der Waals surface area contributed by atoms with E-state index < -0.39 is 0 Å². The average Bonchev–Trinajstić information content (AvgIpc) is 2.50. The third-order valence-electron chi connectivity index (χ3n) is 2.33. The van der Waals surface area contributed by atoms with E-state index in [1.165, 1.54) is 0 Å². The second-order valence-corrected chi connectivity index (χ2v) is 3.69. The van der Waals surface area contributed by atoms with E-state index in [0.29, 0.717) is 18.1 Å². The molecule has 0 aliphatic heterocycles. The molecule has 16 heavy (non-hydrogen) atoms. The molecule has 0 spiro atoms. The van der Waals surface area contributed by atoms with Crippen LogP contribution in [-0.4, -0.2) is 20.4 Å². The summed E-state index contributed by atoms with van der Waals surface area (Å²) in [5.41, 5.74) is 13.3. The number of rotatable bonds is 3. The lowest BCUT2D eigenvalue weighted by molar-refractivity contribution is -0.118. The topological polar surface area (TPSA) is 99.8 Å². The van der Waals surface area contributed by atoms with Gasteiger partial charge >= 0.3 is 0 Å². The van der Waals surface area contributed by atoms with Crippen LogP contribution in [0.1, 0.15) is 12.0 Å². The van der Waals surface area contributed by atoms with Gasteiger partial charge in [-0.15, -0.1) is 0 Å². The van der Waals surface area contributed by atoms with Crippen molar-refractivity contribution in [3.8, 4) is 0 Å². The van der Waals surface area contributed by atoms with Crippen LogP contribution in [0.3, 0.4) is 0 Å². The number of carbonyl (C=O) groups is 1. The zero-order chi connectivity index (χ0) is 11.7. The van der Waals surface area contributed by atoms with Gasteiger partial charge in [0, 0.05) is 19.2 Å². The number of nitrogen functional groups attached to an aromatic ring is 1. The molecule has 0 unspecified atom stereocenters. The Bertz CT molecular complexity index is 545. The summed E-state index contributed by atoms with van der Waals surface area (Å²) in [6.07, 6.45) is 1.97. The molecule has 0 aromatic carbocycles. The van der Waals surface area contributed by atoms with Crippen LogP contribution in [0.5, 0.6) is 0 Å². The quantitative estimate of drug-likeness (QED) is 0.769. The van der Waals surface area contributed by atoms with Crippen molar-refractivity contribution in [2.24, 2.45) is 5.73 Å². The van der Waals surface area contributed by atoms with Gasteiger partial charge in [0.25, 0.3) is 0 Å². The van der Waals surface area contributed by atoms with Gasteiger partial charge in [-0.25, -0.2) is 9.97 Å². The van der Waals surface area contributed by atoms with E-state index >= 15 is 0 Å². The van der Waals surface area contributed by atoms with Gasteiger partial charge < -0.3 is 11.5 Å². The molecular weight excluding hydrogens is 206 g/mol. The third kappa shape index (κ3) is 1.81. The first-order valence-corrected chi connectivity index (χ1v) is 4.94. The van der Waals surface area contributed by atoms with Crippen LogP contribution in [0.2, 0.25) is 0 Å². The Balaban J connectivity index is 2.43. The Labute approximate surface area is 92.3 Å². The fourth-order valence-electron chi connectivity index (χ4n) is 1.57. The van der Waals surface area contributed by atoms with E-state index in [4.69, 9.17) is 11.5 Å². The molecule has 6 nitrogen and oxygen atoms in total. The standard InChI is InChI=1S/C10H13N5O/c1-6-4-7-9(13-5-6)15(10(12)14-7)3-2-8(11)16/h4-5H,2-3H2,1H3,(H2,11,16)(H2,12,14). The van der Waals surface area contributed by atoms with Gasteiger partial charge in [-0.1, -0.05) is 0 Å². The molecule has 0 bridgehead atoms. The van der Waals surface area contributed by atoms with Crippen molar-refractivity contribution in [2.75, 3.05) is 5.73 Å². The average molecular weight is 219 g/mol. The molecule has 0 aliphatic carbocycles. The smallest absolute Gasteiger partial charge is 0.219 e. The van der Waals surface area contributed by atoms with Crippen molar-refractivity contribution in [3.63, 3.8) is 0 Å². The number of hydrogen-bond donors (Lipinski definition) is 2. The van der Waals surface area contributed by atoms with E-state index in [-0.39, 0.29) is 12.3 Å².